The van der Waals surface area contributed by atoms with Crippen molar-refractivity contribution < 1.29 is 24.1 Å². The summed E-state index contributed by atoms with van der Waals surface area (Å²) in [6.45, 7) is 0.173. The third kappa shape index (κ3) is 1.94. The predicted molar refractivity (Wildman–Crippen MR) is 54.8 cm³/mol. The lowest BCUT2D eigenvalue weighted by Gasteiger charge is -2.25. The van der Waals surface area contributed by atoms with Crippen molar-refractivity contribution in [1.82, 2.24) is 0 Å². The second-order valence-corrected chi connectivity index (χ2v) is 3.39. The number of rotatable bonds is 2. The maximum atomic E-state index is 11.3. The molecule has 1 heterocycles. The molecule has 1 aliphatic heterocycles. The van der Waals surface area contributed by atoms with Crippen LogP contribution in [0.2, 0.25) is 0 Å². The topological polar surface area (TPSA) is 65.0 Å². The van der Waals surface area contributed by atoms with Crippen molar-refractivity contribution in [2.24, 2.45) is 0 Å². The molecule has 0 fully saturated rings. The Morgan fingerprint density at radius 2 is 2.38 bits per heavy atom. The van der Waals surface area contributed by atoms with Crippen LogP contribution in [0.5, 0.6) is 11.5 Å². The number of carbonyl (C=O) groups excluding carboxylic acids is 1. The first-order valence-corrected chi connectivity index (χ1v) is 4.87. The van der Waals surface area contributed by atoms with Gasteiger partial charge in [-0.3, -0.25) is 0 Å². The van der Waals surface area contributed by atoms with Gasteiger partial charge in [-0.25, -0.2) is 4.79 Å². The molecule has 5 nitrogen and oxygen atoms in total. The van der Waals surface area contributed by atoms with Crippen LogP contribution in [0.25, 0.3) is 0 Å². The van der Waals surface area contributed by atoms with E-state index < -0.39 is 5.97 Å². The van der Waals surface area contributed by atoms with E-state index in [4.69, 9.17) is 14.6 Å². The average Bonchev–Trinajstić information content (AvgIpc) is 2.36. The van der Waals surface area contributed by atoms with E-state index in [1.165, 1.54) is 7.11 Å². The van der Waals surface area contributed by atoms with E-state index in [-0.39, 0.29) is 19.3 Å². The molecular formula is C11H12O5. The number of aliphatic hydroxyl groups excluding tert-OH is 1. The molecule has 1 aromatic rings. The molecule has 0 bridgehead atoms. The highest BCUT2D eigenvalue weighted by Crippen LogP contribution is 2.32. The molecule has 0 unspecified atom stereocenters. The van der Waals surface area contributed by atoms with Gasteiger partial charge in [0.25, 0.3) is 0 Å². The predicted octanol–water partition coefficient (Wildman–Crippen LogP) is 0.605. The van der Waals surface area contributed by atoms with Gasteiger partial charge < -0.3 is 19.3 Å². The average molecular weight is 224 g/mol. The third-order valence-electron chi connectivity index (χ3n) is 2.29. The van der Waals surface area contributed by atoms with Crippen LogP contribution in [0, 0.1) is 0 Å². The van der Waals surface area contributed by atoms with Gasteiger partial charge in [-0.2, -0.15) is 0 Å². The Kier molecular flexibility index (Phi) is 2.96. The Labute approximate surface area is 92.5 Å². The number of methoxy groups -OCH3 is 1. The molecule has 86 valence electrons. The summed E-state index contributed by atoms with van der Waals surface area (Å²) < 4.78 is 15.4. The summed E-state index contributed by atoms with van der Waals surface area (Å²) in [5.41, 5.74) is 0.410. The number of hydrogen-bond donors (Lipinski definition) is 1. The van der Waals surface area contributed by atoms with Crippen molar-refractivity contribution >= 4 is 5.97 Å². The van der Waals surface area contributed by atoms with E-state index in [9.17, 15) is 4.79 Å². The van der Waals surface area contributed by atoms with Gasteiger partial charge in [0.1, 0.15) is 6.61 Å². The normalized spacial score (nSPS) is 18.0. The van der Waals surface area contributed by atoms with E-state index in [2.05, 4.69) is 4.74 Å². The molecule has 1 atom stereocenters. The first-order chi connectivity index (χ1) is 7.74. The Bertz CT molecular complexity index is 401. The molecule has 0 saturated carbocycles. The molecule has 5 heteroatoms. The van der Waals surface area contributed by atoms with E-state index in [0.717, 1.165) is 0 Å². The van der Waals surface area contributed by atoms with Gasteiger partial charge in [-0.15, -0.1) is 0 Å². The lowest BCUT2D eigenvalue weighted by Crippen LogP contribution is -2.32. The van der Waals surface area contributed by atoms with Gasteiger partial charge in [0, 0.05) is 0 Å². The molecule has 2 rings (SSSR count). The van der Waals surface area contributed by atoms with Gasteiger partial charge >= 0.3 is 5.97 Å². The van der Waals surface area contributed by atoms with Crippen molar-refractivity contribution in [2.75, 3.05) is 20.3 Å². The highest BCUT2D eigenvalue weighted by Gasteiger charge is 2.21. The molecular weight excluding hydrogens is 212 g/mol. The zero-order chi connectivity index (χ0) is 11.5. The van der Waals surface area contributed by atoms with E-state index in [1.807, 2.05) is 0 Å². The Hall–Kier alpha value is -1.75. The zero-order valence-electron chi connectivity index (χ0n) is 8.80. The maximum absolute atomic E-state index is 11.3. The highest BCUT2D eigenvalue weighted by molar-refractivity contribution is 5.90. The van der Waals surface area contributed by atoms with Crippen molar-refractivity contribution in [3.63, 3.8) is 0 Å². The summed E-state index contributed by atoms with van der Waals surface area (Å²) in [6, 6.07) is 4.78. The molecule has 0 amide bonds. The molecule has 0 radical (unpaired) electrons. The number of carbonyl (C=O) groups is 1. The minimum atomic E-state index is -0.421. The maximum Gasteiger partial charge on any atom is 0.337 e. The molecule has 16 heavy (non-hydrogen) atoms. The van der Waals surface area contributed by atoms with Crippen LogP contribution in [0.3, 0.4) is 0 Å². The van der Waals surface area contributed by atoms with Gasteiger partial charge in [0.05, 0.1) is 19.3 Å². The summed E-state index contributed by atoms with van der Waals surface area (Å²) in [5.74, 6) is 0.598. The Morgan fingerprint density at radius 3 is 3.06 bits per heavy atom. The van der Waals surface area contributed by atoms with E-state index >= 15 is 0 Å². The SMILES string of the molecule is COC(=O)c1ccc2c(c1)OC[C@@H](CO)O2. The second kappa shape index (κ2) is 4.40. The Morgan fingerprint density at radius 1 is 1.56 bits per heavy atom. The second-order valence-electron chi connectivity index (χ2n) is 3.39. The zero-order valence-corrected chi connectivity index (χ0v) is 8.80. The minimum Gasteiger partial charge on any atom is -0.486 e. The fraction of sp³-hybridized carbons (Fsp3) is 0.364. The first-order valence-electron chi connectivity index (χ1n) is 4.87. The molecule has 0 aliphatic carbocycles. The van der Waals surface area contributed by atoms with Gasteiger partial charge in [-0.1, -0.05) is 0 Å². The summed E-state index contributed by atoms with van der Waals surface area (Å²) in [6.07, 6.45) is -0.350. The van der Waals surface area contributed by atoms with Gasteiger partial charge in [0.15, 0.2) is 17.6 Å². The molecule has 0 aromatic heterocycles. The van der Waals surface area contributed by atoms with Crippen LogP contribution in [-0.4, -0.2) is 37.5 Å². The minimum absolute atomic E-state index is 0.0990. The van der Waals surface area contributed by atoms with Gasteiger partial charge in [0.2, 0.25) is 0 Å². The fourth-order valence-electron chi connectivity index (χ4n) is 1.45. The number of benzene rings is 1. The first kappa shape index (κ1) is 10.8. The number of fused-ring (bicyclic) bond motifs is 1. The van der Waals surface area contributed by atoms with E-state index in [1.54, 1.807) is 18.2 Å². The smallest absolute Gasteiger partial charge is 0.337 e. The summed E-state index contributed by atoms with van der Waals surface area (Å²) in [7, 11) is 1.32. The largest absolute Gasteiger partial charge is 0.486 e. The van der Waals surface area contributed by atoms with Crippen LogP contribution in [-0.2, 0) is 4.74 Å². The van der Waals surface area contributed by atoms with Crippen LogP contribution in [0.4, 0.5) is 0 Å². The molecule has 1 N–H and O–H groups in total. The quantitative estimate of drug-likeness (QED) is 0.745. The molecule has 0 spiro atoms. The van der Waals surface area contributed by atoms with Gasteiger partial charge in [-0.05, 0) is 18.2 Å². The van der Waals surface area contributed by atoms with Crippen molar-refractivity contribution in [3.05, 3.63) is 23.8 Å². The molecule has 0 saturated heterocycles. The van der Waals surface area contributed by atoms with Crippen LogP contribution in [0.15, 0.2) is 18.2 Å². The fourth-order valence-corrected chi connectivity index (χ4v) is 1.45. The van der Waals surface area contributed by atoms with Crippen molar-refractivity contribution in [3.8, 4) is 11.5 Å². The van der Waals surface area contributed by atoms with Crippen molar-refractivity contribution in [1.29, 1.82) is 0 Å². The standard InChI is InChI=1S/C11H12O5/c1-14-11(13)7-2-3-9-10(4-7)15-6-8(5-12)16-9/h2-4,8,12H,5-6H2,1H3/t8-/m1/s1. The number of ether oxygens (including phenoxy) is 3. The number of esters is 1. The van der Waals surface area contributed by atoms with Crippen molar-refractivity contribution in [2.45, 2.75) is 6.10 Å². The summed E-state index contributed by atoms with van der Waals surface area (Å²) in [5, 5.41) is 8.92. The summed E-state index contributed by atoms with van der Waals surface area (Å²) >= 11 is 0. The lowest BCUT2D eigenvalue weighted by atomic mass is 10.2. The van der Waals surface area contributed by atoms with Crippen LogP contribution < -0.4 is 9.47 Å². The third-order valence-corrected chi connectivity index (χ3v) is 2.29. The number of aliphatic hydroxyl groups is 1. The molecule has 1 aliphatic rings. The van der Waals surface area contributed by atoms with Crippen LogP contribution >= 0.6 is 0 Å². The molecule has 1 aromatic carbocycles. The highest BCUT2D eigenvalue weighted by atomic mass is 16.6. The lowest BCUT2D eigenvalue weighted by molar-refractivity contribution is 0.0451. The monoisotopic (exact) mass is 224 g/mol. The Balaban J connectivity index is 2.24. The summed E-state index contributed by atoms with van der Waals surface area (Å²) in [4.78, 5) is 11.3. The number of hydrogen-bond acceptors (Lipinski definition) is 5. The van der Waals surface area contributed by atoms with E-state index in [0.29, 0.717) is 17.1 Å². The van der Waals surface area contributed by atoms with Crippen LogP contribution in [0.1, 0.15) is 10.4 Å².